The fourth-order valence-electron chi connectivity index (χ4n) is 3.69. The molecule has 18 heavy (non-hydrogen) atoms. The molecule has 1 saturated carbocycles. The molecular weight excluding hydrogens is 222 g/mol. The molecule has 0 amide bonds. The van der Waals surface area contributed by atoms with Crippen LogP contribution in [0.5, 0.6) is 0 Å². The number of benzene rings is 1. The van der Waals surface area contributed by atoms with Gasteiger partial charge < -0.3 is 16.4 Å². The molecule has 1 aromatic carbocycles. The highest BCUT2D eigenvalue weighted by Crippen LogP contribution is 2.38. The van der Waals surface area contributed by atoms with Crippen LogP contribution in [0.2, 0.25) is 0 Å². The highest BCUT2D eigenvalue weighted by atomic mass is 15.2. The van der Waals surface area contributed by atoms with E-state index < -0.39 is 0 Å². The SMILES string of the molecule is Nc1ccc(N2CCC[C@H]3CCCC[C@H]32)cc1N. The lowest BCUT2D eigenvalue weighted by Gasteiger charge is -2.45. The summed E-state index contributed by atoms with van der Waals surface area (Å²) in [6.45, 7) is 1.17. The van der Waals surface area contributed by atoms with Crippen LogP contribution in [-0.2, 0) is 0 Å². The lowest BCUT2D eigenvalue weighted by molar-refractivity contribution is 0.244. The molecule has 0 unspecified atom stereocenters. The third-order valence-electron chi connectivity index (χ3n) is 4.65. The molecule has 0 aromatic heterocycles. The van der Waals surface area contributed by atoms with Crippen LogP contribution in [0.4, 0.5) is 17.1 Å². The minimum absolute atomic E-state index is 0.691. The van der Waals surface area contributed by atoms with E-state index >= 15 is 0 Å². The molecule has 1 aliphatic heterocycles. The summed E-state index contributed by atoms with van der Waals surface area (Å²) >= 11 is 0. The quantitative estimate of drug-likeness (QED) is 0.748. The van der Waals surface area contributed by atoms with Gasteiger partial charge in [-0.2, -0.15) is 0 Å². The Balaban J connectivity index is 1.87. The van der Waals surface area contributed by atoms with Crippen molar-refractivity contribution in [2.45, 2.75) is 44.6 Å². The predicted octanol–water partition coefficient (Wildman–Crippen LogP) is 3.01. The second-order valence-electron chi connectivity index (χ2n) is 5.76. The Morgan fingerprint density at radius 3 is 2.56 bits per heavy atom. The number of nitrogens with two attached hydrogens (primary N) is 2. The van der Waals surface area contributed by atoms with Crippen LogP contribution in [-0.4, -0.2) is 12.6 Å². The van der Waals surface area contributed by atoms with Gasteiger partial charge in [-0.1, -0.05) is 12.8 Å². The summed E-state index contributed by atoms with van der Waals surface area (Å²) in [6.07, 6.45) is 8.26. The monoisotopic (exact) mass is 245 g/mol. The van der Waals surface area contributed by atoms with E-state index in [2.05, 4.69) is 11.0 Å². The van der Waals surface area contributed by atoms with E-state index in [9.17, 15) is 0 Å². The number of piperidine rings is 1. The molecule has 2 aliphatic rings. The van der Waals surface area contributed by atoms with Crippen molar-refractivity contribution in [3.63, 3.8) is 0 Å². The molecule has 3 rings (SSSR count). The van der Waals surface area contributed by atoms with Crippen molar-refractivity contribution in [3.05, 3.63) is 18.2 Å². The Bertz CT molecular complexity index is 428. The van der Waals surface area contributed by atoms with Crippen molar-refractivity contribution in [2.24, 2.45) is 5.92 Å². The molecule has 4 N–H and O–H groups in total. The third-order valence-corrected chi connectivity index (χ3v) is 4.65. The van der Waals surface area contributed by atoms with Crippen molar-refractivity contribution >= 4 is 17.1 Å². The second kappa shape index (κ2) is 4.71. The molecule has 0 spiro atoms. The zero-order valence-corrected chi connectivity index (χ0v) is 10.9. The first-order valence-corrected chi connectivity index (χ1v) is 7.17. The number of hydrogen-bond acceptors (Lipinski definition) is 3. The summed E-state index contributed by atoms with van der Waals surface area (Å²) in [5.41, 5.74) is 14.4. The lowest BCUT2D eigenvalue weighted by Crippen LogP contribution is -2.46. The largest absolute Gasteiger partial charge is 0.397 e. The van der Waals surface area contributed by atoms with Crippen LogP contribution in [0, 0.1) is 5.92 Å². The summed E-state index contributed by atoms with van der Waals surface area (Å²) in [4.78, 5) is 2.57. The normalized spacial score (nSPS) is 27.9. The molecule has 1 aromatic rings. The number of hydrogen-bond donors (Lipinski definition) is 2. The van der Waals surface area contributed by atoms with E-state index in [-0.39, 0.29) is 0 Å². The van der Waals surface area contributed by atoms with Crippen LogP contribution in [0.25, 0.3) is 0 Å². The highest BCUT2D eigenvalue weighted by Gasteiger charge is 2.33. The van der Waals surface area contributed by atoms with Gasteiger partial charge in [0.25, 0.3) is 0 Å². The van der Waals surface area contributed by atoms with E-state index in [1.807, 2.05) is 12.1 Å². The molecule has 2 atom stereocenters. The zero-order chi connectivity index (χ0) is 12.5. The molecule has 3 nitrogen and oxygen atoms in total. The van der Waals surface area contributed by atoms with Gasteiger partial charge in [-0.25, -0.2) is 0 Å². The average molecular weight is 245 g/mol. The summed E-state index contributed by atoms with van der Waals surface area (Å²) in [5.74, 6) is 0.895. The van der Waals surface area contributed by atoms with Gasteiger partial charge in [0.2, 0.25) is 0 Å². The maximum Gasteiger partial charge on any atom is 0.0568 e. The van der Waals surface area contributed by atoms with Gasteiger partial charge in [0.05, 0.1) is 11.4 Å². The van der Waals surface area contributed by atoms with E-state index in [1.165, 1.54) is 50.8 Å². The van der Waals surface area contributed by atoms with Gasteiger partial charge in [0.15, 0.2) is 0 Å². The minimum Gasteiger partial charge on any atom is -0.397 e. The van der Waals surface area contributed by atoms with Crippen molar-refractivity contribution in [2.75, 3.05) is 22.9 Å². The van der Waals surface area contributed by atoms with Gasteiger partial charge in [-0.3, -0.25) is 0 Å². The van der Waals surface area contributed by atoms with Crippen molar-refractivity contribution < 1.29 is 0 Å². The molecule has 98 valence electrons. The fraction of sp³-hybridized carbons (Fsp3) is 0.600. The molecule has 3 heteroatoms. The lowest BCUT2D eigenvalue weighted by atomic mass is 9.78. The van der Waals surface area contributed by atoms with Crippen LogP contribution >= 0.6 is 0 Å². The smallest absolute Gasteiger partial charge is 0.0568 e. The molecule has 0 bridgehead atoms. The Morgan fingerprint density at radius 1 is 0.944 bits per heavy atom. The average Bonchev–Trinajstić information content (AvgIpc) is 2.41. The van der Waals surface area contributed by atoms with Gasteiger partial charge in [0.1, 0.15) is 0 Å². The van der Waals surface area contributed by atoms with E-state index in [1.54, 1.807) is 0 Å². The summed E-state index contributed by atoms with van der Waals surface area (Å²) in [5, 5.41) is 0. The summed E-state index contributed by atoms with van der Waals surface area (Å²) < 4.78 is 0. The maximum atomic E-state index is 5.94. The predicted molar refractivity (Wildman–Crippen MR) is 77.6 cm³/mol. The molecule has 1 heterocycles. The molecular formula is C15H23N3. The van der Waals surface area contributed by atoms with E-state index in [0.29, 0.717) is 11.4 Å². The van der Waals surface area contributed by atoms with Crippen molar-refractivity contribution in [1.29, 1.82) is 0 Å². The van der Waals surface area contributed by atoms with Crippen LogP contribution in [0.1, 0.15) is 38.5 Å². The zero-order valence-electron chi connectivity index (χ0n) is 10.9. The molecule has 0 radical (unpaired) electrons. The molecule has 1 aliphatic carbocycles. The standard InChI is InChI=1S/C15H23N3/c16-13-8-7-12(10-14(13)17)18-9-3-5-11-4-1-2-6-15(11)18/h7-8,10-11,15H,1-6,9,16-17H2/t11-,15-/m1/s1. The number of rotatable bonds is 1. The first kappa shape index (κ1) is 11.7. The number of anilines is 3. The van der Waals surface area contributed by atoms with Crippen LogP contribution in [0.3, 0.4) is 0 Å². The van der Waals surface area contributed by atoms with Gasteiger partial charge >= 0.3 is 0 Å². The first-order chi connectivity index (χ1) is 8.75. The van der Waals surface area contributed by atoms with Crippen molar-refractivity contribution in [1.82, 2.24) is 0 Å². The van der Waals surface area contributed by atoms with Crippen molar-refractivity contribution in [3.8, 4) is 0 Å². The fourth-order valence-corrected chi connectivity index (χ4v) is 3.69. The van der Waals surface area contributed by atoms with Gasteiger partial charge in [-0.15, -0.1) is 0 Å². The van der Waals surface area contributed by atoms with Gasteiger partial charge in [-0.05, 0) is 49.8 Å². The maximum absolute atomic E-state index is 5.94. The third kappa shape index (κ3) is 2.02. The Kier molecular flexibility index (Phi) is 3.06. The topological polar surface area (TPSA) is 55.3 Å². The first-order valence-electron chi connectivity index (χ1n) is 7.17. The molecule has 2 fully saturated rings. The Morgan fingerprint density at radius 2 is 1.72 bits per heavy atom. The van der Waals surface area contributed by atoms with E-state index in [4.69, 9.17) is 11.5 Å². The minimum atomic E-state index is 0.691. The van der Waals surface area contributed by atoms with Crippen LogP contribution in [0.15, 0.2) is 18.2 Å². The Labute approximate surface area is 109 Å². The van der Waals surface area contributed by atoms with Gasteiger partial charge in [0, 0.05) is 18.3 Å². The summed E-state index contributed by atoms with van der Waals surface area (Å²) in [6, 6.07) is 6.85. The Hall–Kier alpha value is -1.38. The van der Waals surface area contributed by atoms with E-state index in [0.717, 1.165) is 12.0 Å². The highest BCUT2D eigenvalue weighted by molar-refractivity contribution is 5.70. The van der Waals surface area contributed by atoms with Crippen LogP contribution < -0.4 is 16.4 Å². The summed E-state index contributed by atoms with van der Waals surface area (Å²) in [7, 11) is 0. The number of nitrogens with zero attached hydrogens (tertiary/aromatic N) is 1. The second-order valence-corrected chi connectivity index (χ2v) is 5.76. The molecule has 1 saturated heterocycles. The number of nitrogen functional groups attached to an aromatic ring is 2. The number of fused-ring (bicyclic) bond motifs is 1.